The fourth-order valence-electron chi connectivity index (χ4n) is 2.96. The summed E-state index contributed by atoms with van der Waals surface area (Å²) in [6.07, 6.45) is 1.02. The third-order valence-electron chi connectivity index (χ3n) is 4.39. The van der Waals surface area contributed by atoms with Crippen molar-refractivity contribution >= 4 is 11.9 Å². The van der Waals surface area contributed by atoms with Crippen LogP contribution >= 0.6 is 0 Å². The molecule has 0 aliphatic heterocycles. The fourth-order valence-corrected chi connectivity index (χ4v) is 2.96. The minimum absolute atomic E-state index is 0.0353. The Balaban J connectivity index is 1.94. The minimum atomic E-state index is -1.17. The highest BCUT2D eigenvalue weighted by atomic mass is 19.1. The molecule has 8 heteroatoms. The third kappa shape index (κ3) is 4.43. The molecule has 0 spiro atoms. The molecule has 1 aromatic carbocycles. The Morgan fingerprint density at radius 3 is 2.62 bits per heavy atom. The van der Waals surface area contributed by atoms with Crippen molar-refractivity contribution in [3.63, 3.8) is 0 Å². The van der Waals surface area contributed by atoms with Crippen molar-refractivity contribution in [1.29, 1.82) is 0 Å². The molecule has 7 nitrogen and oxygen atoms in total. The molecule has 1 atom stereocenters. The zero-order chi connectivity index (χ0) is 21.0. The van der Waals surface area contributed by atoms with E-state index in [1.807, 2.05) is 0 Å². The van der Waals surface area contributed by atoms with Crippen molar-refractivity contribution in [3.8, 4) is 17.0 Å². The molecule has 0 radical (unpaired) electrons. The number of nitrogens with one attached hydrogen (secondary N) is 1. The summed E-state index contributed by atoms with van der Waals surface area (Å²) in [5, 5.41) is 11.7. The molecule has 3 rings (SSSR count). The molecule has 0 aliphatic rings. The maximum absolute atomic E-state index is 14.1. The molecule has 0 saturated carbocycles. The highest BCUT2D eigenvalue weighted by Gasteiger charge is 2.23. The van der Waals surface area contributed by atoms with Gasteiger partial charge in [0.05, 0.1) is 25.8 Å². The number of benzene rings is 1. The van der Waals surface area contributed by atoms with Gasteiger partial charge in [0.15, 0.2) is 0 Å². The normalized spacial score (nSPS) is 11.7. The van der Waals surface area contributed by atoms with E-state index in [1.165, 1.54) is 37.6 Å². The van der Waals surface area contributed by atoms with E-state index < -0.39 is 30.2 Å². The molecule has 2 N–H and O–H groups in total. The first kappa shape index (κ1) is 20.1. The fraction of sp³-hybridized carbons (Fsp3) is 0.190. The highest BCUT2D eigenvalue weighted by Crippen LogP contribution is 2.31. The van der Waals surface area contributed by atoms with Crippen LogP contribution in [0.5, 0.6) is 5.75 Å². The third-order valence-corrected chi connectivity index (χ3v) is 4.39. The maximum Gasteiger partial charge on any atom is 0.305 e. The highest BCUT2D eigenvalue weighted by molar-refractivity contribution is 5.93. The Hall–Kier alpha value is -3.68. The summed E-state index contributed by atoms with van der Waals surface area (Å²) in [4.78, 5) is 28.4. The molecular weight excluding hydrogens is 379 g/mol. The van der Waals surface area contributed by atoms with E-state index in [0.29, 0.717) is 22.8 Å². The predicted molar refractivity (Wildman–Crippen MR) is 102 cm³/mol. The van der Waals surface area contributed by atoms with E-state index in [1.54, 1.807) is 25.1 Å². The summed E-state index contributed by atoms with van der Waals surface area (Å²) in [6, 6.07) is 9.39. The van der Waals surface area contributed by atoms with Crippen LogP contribution in [0.4, 0.5) is 4.39 Å². The van der Waals surface area contributed by atoms with Crippen LogP contribution in [-0.4, -0.2) is 29.1 Å². The molecular formula is C21H19FN2O5. The standard InChI is InChI=1S/C21H19FN2O5/c1-12-13(9-10-29-12)20-18(28-2)8-7-16(23-20)21(27)24-17(11-19(25)26)14-5-3-4-6-15(14)22/h3-10,17H,11H2,1-2H3,(H,24,27)(H,25,26)/t17-/m0/s1. The van der Waals surface area contributed by atoms with Crippen molar-refractivity contribution < 1.29 is 28.2 Å². The summed E-state index contributed by atoms with van der Waals surface area (Å²) in [7, 11) is 1.48. The lowest BCUT2D eigenvalue weighted by Crippen LogP contribution is -2.31. The van der Waals surface area contributed by atoms with Crippen molar-refractivity contribution in [3.05, 3.63) is 71.6 Å². The first-order valence-electron chi connectivity index (χ1n) is 8.77. The Labute approximate surface area is 166 Å². The number of aromatic nitrogens is 1. The van der Waals surface area contributed by atoms with Crippen LogP contribution in [0.15, 0.2) is 53.1 Å². The number of ether oxygens (including phenoxy) is 1. The quantitative estimate of drug-likeness (QED) is 0.629. The second kappa shape index (κ2) is 8.55. The van der Waals surface area contributed by atoms with Gasteiger partial charge in [-0.05, 0) is 31.2 Å². The zero-order valence-corrected chi connectivity index (χ0v) is 15.8. The zero-order valence-electron chi connectivity index (χ0n) is 15.8. The first-order valence-corrected chi connectivity index (χ1v) is 8.77. The summed E-state index contributed by atoms with van der Waals surface area (Å²) >= 11 is 0. The number of halogens is 1. The second-order valence-corrected chi connectivity index (χ2v) is 6.28. The SMILES string of the molecule is COc1ccc(C(=O)N[C@@H](CC(=O)O)c2ccccc2F)nc1-c1ccoc1C. The monoisotopic (exact) mass is 398 g/mol. The van der Waals surface area contributed by atoms with Gasteiger partial charge in [-0.2, -0.15) is 0 Å². The smallest absolute Gasteiger partial charge is 0.305 e. The van der Waals surface area contributed by atoms with Gasteiger partial charge in [0.1, 0.15) is 28.7 Å². The van der Waals surface area contributed by atoms with Crippen LogP contribution in [-0.2, 0) is 4.79 Å². The van der Waals surface area contributed by atoms with Crippen LogP contribution in [0, 0.1) is 12.7 Å². The molecule has 29 heavy (non-hydrogen) atoms. The average Bonchev–Trinajstić information content (AvgIpc) is 3.12. The van der Waals surface area contributed by atoms with Crippen LogP contribution in [0.2, 0.25) is 0 Å². The minimum Gasteiger partial charge on any atom is -0.494 e. The van der Waals surface area contributed by atoms with Crippen molar-refractivity contribution in [2.75, 3.05) is 7.11 Å². The van der Waals surface area contributed by atoms with Gasteiger partial charge in [-0.3, -0.25) is 9.59 Å². The molecule has 0 unspecified atom stereocenters. The van der Waals surface area contributed by atoms with Gasteiger partial charge < -0.3 is 19.6 Å². The Bertz CT molecular complexity index is 1050. The number of methoxy groups -OCH3 is 1. The lowest BCUT2D eigenvalue weighted by atomic mass is 10.0. The number of carboxylic acids is 1. The van der Waals surface area contributed by atoms with Crippen molar-refractivity contribution in [2.45, 2.75) is 19.4 Å². The van der Waals surface area contributed by atoms with E-state index >= 15 is 0 Å². The summed E-state index contributed by atoms with van der Waals surface area (Å²) in [5.41, 5.74) is 1.19. The van der Waals surface area contributed by atoms with Crippen molar-refractivity contribution in [1.82, 2.24) is 10.3 Å². The lowest BCUT2D eigenvalue weighted by Gasteiger charge is -2.18. The van der Waals surface area contributed by atoms with E-state index in [-0.39, 0.29) is 11.3 Å². The number of furan rings is 1. The number of hydrogen-bond donors (Lipinski definition) is 2. The molecule has 3 aromatic rings. The van der Waals surface area contributed by atoms with Crippen LogP contribution < -0.4 is 10.1 Å². The molecule has 1 amide bonds. The Morgan fingerprint density at radius 1 is 1.24 bits per heavy atom. The summed E-state index contributed by atoms with van der Waals surface area (Å²) in [6.45, 7) is 1.75. The number of carboxylic acid groups (broad SMARTS) is 1. The van der Waals surface area contributed by atoms with Gasteiger partial charge in [0.25, 0.3) is 5.91 Å². The number of aryl methyl sites for hydroxylation is 1. The van der Waals surface area contributed by atoms with E-state index in [4.69, 9.17) is 9.15 Å². The average molecular weight is 398 g/mol. The Morgan fingerprint density at radius 2 is 2.00 bits per heavy atom. The van der Waals surface area contributed by atoms with Crippen LogP contribution in [0.3, 0.4) is 0 Å². The number of carbonyl (C=O) groups is 2. The van der Waals surface area contributed by atoms with Gasteiger partial charge in [0.2, 0.25) is 0 Å². The van der Waals surface area contributed by atoms with Gasteiger partial charge in [-0.15, -0.1) is 0 Å². The molecule has 2 heterocycles. The van der Waals surface area contributed by atoms with Crippen LogP contribution in [0.1, 0.15) is 34.3 Å². The second-order valence-electron chi connectivity index (χ2n) is 6.28. The van der Waals surface area contributed by atoms with Crippen molar-refractivity contribution in [2.24, 2.45) is 0 Å². The summed E-state index contributed by atoms with van der Waals surface area (Å²) in [5.74, 6) is -1.36. The van der Waals surface area contributed by atoms with Gasteiger partial charge >= 0.3 is 5.97 Å². The van der Waals surface area contributed by atoms with E-state index in [0.717, 1.165) is 0 Å². The molecule has 2 aromatic heterocycles. The summed E-state index contributed by atoms with van der Waals surface area (Å²) < 4.78 is 24.8. The molecule has 150 valence electrons. The Kier molecular flexibility index (Phi) is 5.92. The first-order chi connectivity index (χ1) is 13.9. The van der Waals surface area contributed by atoms with Gasteiger partial charge in [0, 0.05) is 11.1 Å². The molecule has 0 saturated heterocycles. The number of carbonyl (C=O) groups excluding carboxylic acids is 1. The number of amides is 1. The molecule has 0 bridgehead atoms. The maximum atomic E-state index is 14.1. The van der Waals surface area contributed by atoms with Gasteiger partial charge in [-0.1, -0.05) is 18.2 Å². The van der Waals surface area contributed by atoms with Crippen LogP contribution in [0.25, 0.3) is 11.3 Å². The predicted octanol–water partition coefficient (Wildman–Crippen LogP) is 3.74. The largest absolute Gasteiger partial charge is 0.494 e. The lowest BCUT2D eigenvalue weighted by molar-refractivity contribution is -0.137. The number of pyridine rings is 1. The number of rotatable bonds is 7. The molecule has 0 fully saturated rings. The topological polar surface area (TPSA) is 102 Å². The number of aliphatic carboxylic acids is 1. The van der Waals surface area contributed by atoms with E-state index in [2.05, 4.69) is 10.3 Å². The number of hydrogen-bond acceptors (Lipinski definition) is 5. The van der Waals surface area contributed by atoms with E-state index in [9.17, 15) is 19.1 Å². The number of nitrogens with zero attached hydrogens (tertiary/aromatic N) is 1. The van der Waals surface area contributed by atoms with Gasteiger partial charge in [-0.25, -0.2) is 9.37 Å². The molecule has 0 aliphatic carbocycles.